The third-order valence-electron chi connectivity index (χ3n) is 4.64. The lowest BCUT2D eigenvalue weighted by atomic mass is 10.2. The molecular formula is C21H23FN2O3S. The van der Waals surface area contributed by atoms with Gasteiger partial charge in [0.25, 0.3) is 0 Å². The van der Waals surface area contributed by atoms with E-state index in [4.69, 9.17) is 0 Å². The van der Waals surface area contributed by atoms with Gasteiger partial charge in [0.1, 0.15) is 5.82 Å². The quantitative estimate of drug-likeness (QED) is 0.754. The number of amides is 1. The van der Waals surface area contributed by atoms with Crippen LogP contribution in [-0.2, 0) is 21.4 Å². The number of carbonyl (C=O) groups is 1. The molecule has 0 radical (unpaired) electrons. The predicted octanol–water partition coefficient (Wildman–Crippen LogP) is 3.33. The van der Waals surface area contributed by atoms with Crippen LogP contribution in [0.1, 0.15) is 30.4 Å². The molecule has 0 spiro atoms. The van der Waals surface area contributed by atoms with E-state index in [1.807, 2.05) is 0 Å². The maximum absolute atomic E-state index is 13.6. The first-order valence-corrected chi connectivity index (χ1v) is 10.7. The standard InChI is InChI=1S/C21H23FN2O3S/c22-20-10-3-2-8-18(20)11-12-21(25)23-16-17-7-6-9-19(15-17)28(26,27)24-13-4-1-5-14-24/h2-3,6-12,15H,1,4-5,13-14,16H2,(H,23,25)/b12-11+. The summed E-state index contributed by atoms with van der Waals surface area (Å²) in [6, 6.07) is 12.8. The Morgan fingerprint density at radius 2 is 1.82 bits per heavy atom. The van der Waals surface area contributed by atoms with Crippen molar-refractivity contribution in [1.82, 2.24) is 9.62 Å². The Morgan fingerprint density at radius 3 is 2.57 bits per heavy atom. The lowest BCUT2D eigenvalue weighted by molar-refractivity contribution is -0.116. The zero-order valence-electron chi connectivity index (χ0n) is 15.5. The Balaban J connectivity index is 1.63. The molecule has 0 aromatic heterocycles. The molecule has 7 heteroatoms. The van der Waals surface area contributed by atoms with Crippen LogP contribution in [0, 0.1) is 5.82 Å². The van der Waals surface area contributed by atoms with E-state index in [-0.39, 0.29) is 17.3 Å². The summed E-state index contributed by atoms with van der Waals surface area (Å²) >= 11 is 0. The van der Waals surface area contributed by atoms with Gasteiger partial charge < -0.3 is 5.32 Å². The molecule has 28 heavy (non-hydrogen) atoms. The van der Waals surface area contributed by atoms with Gasteiger partial charge >= 0.3 is 0 Å². The fraction of sp³-hybridized carbons (Fsp3) is 0.286. The monoisotopic (exact) mass is 402 g/mol. The van der Waals surface area contributed by atoms with Crippen LogP contribution in [-0.4, -0.2) is 31.7 Å². The van der Waals surface area contributed by atoms with Crippen LogP contribution in [0.4, 0.5) is 4.39 Å². The van der Waals surface area contributed by atoms with E-state index < -0.39 is 15.8 Å². The third kappa shape index (κ3) is 5.05. The molecule has 2 aromatic rings. The molecule has 0 bridgehead atoms. The molecule has 3 rings (SSSR count). The molecule has 1 N–H and O–H groups in total. The summed E-state index contributed by atoms with van der Waals surface area (Å²) in [7, 11) is -3.51. The number of piperidine rings is 1. The highest BCUT2D eigenvalue weighted by molar-refractivity contribution is 7.89. The lowest BCUT2D eigenvalue weighted by Gasteiger charge is -2.26. The summed E-state index contributed by atoms with van der Waals surface area (Å²) in [5.41, 5.74) is 1.01. The first-order chi connectivity index (χ1) is 13.5. The van der Waals surface area contributed by atoms with E-state index in [2.05, 4.69) is 5.32 Å². The number of hydrogen-bond acceptors (Lipinski definition) is 3. The number of nitrogens with one attached hydrogen (secondary N) is 1. The van der Waals surface area contributed by atoms with Gasteiger partial charge in [-0.25, -0.2) is 12.8 Å². The molecule has 1 aliphatic rings. The second-order valence-corrected chi connectivity index (χ2v) is 8.62. The minimum atomic E-state index is -3.51. The number of carbonyl (C=O) groups excluding carboxylic acids is 1. The zero-order valence-corrected chi connectivity index (χ0v) is 16.3. The average molecular weight is 402 g/mol. The van der Waals surface area contributed by atoms with Crippen LogP contribution in [0.5, 0.6) is 0 Å². The summed E-state index contributed by atoms with van der Waals surface area (Å²) in [6.45, 7) is 1.28. The van der Waals surface area contributed by atoms with Crippen molar-refractivity contribution in [2.24, 2.45) is 0 Å². The number of halogens is 1. The van der Waals surface area contributed by atoms with Crippen LogP contribution in [0.3, 0.4) is 0 Å². The first kappa shape index (κ1) is 20.2. The van der Waals surface area contributed by atoms with Crippen molar-refractivity contribution in [2.75, 3.05) is 13.1 Å². The summed E-state index contributed by atoms with van der Waals surface area (Å²) in [6.07, 6.45) is 5.47. The normalized spacial score (nSPS) is 15.6. The smallest absolute Gasteiger partial charge is 0.244 e. The maximum Gasteiger partial charge on any atom is 0.244 e. The SMILES string of the molecule is O=C(/C=C/c1ccccc1F)NCc1cccc(S(=O)(=O)N2CCCCC2)c1. The van der Waals surface area contributed by atoms with Gasteiger partial charge in [-0.05, 0) is 42.7 Å². The number of nitrogens with zero attached hydrogens (tertiary/aromatic N) is 1. The maximum atomic E-state index is 13.6. The molecule has 2 aromatic carbocycles. The highest BCUT2D eigenvalue weighted by atomic mass is 32.2. The zero-order chi connectivity index (χ0) is 20.0. The molecular weight excluding hydrogens is 379 g/mol. The first-order valence-electron chi connectivity index (χ1n) is 9.26. The topological polar surface area (TPSA) is 66.5 Å². The summed E-state index contributed by atoms with van der Waals surface area (Å²) in [5, 5.41) is 2.69. The van der Waals surface area contributed by atoms with Gasteiger partial charge in [-0.15, -0.1) is 0 Å². The molecule has 148 valence electrons. The lowest BCUT2D eigenvalue weighted by Crippen LogP contribution is -2.35. The highest BCUT2D eigenvalue weighted by Crippen LogP contribution is 2.21. The highest BCUT2D eigenvalue weighted by Gasteiger charge is 2.25. The summed E-state index contributed by atoms with van der Waals surface area (Å²) in [5.74, 6) is -0.783. The summed E-state index contributed by atoms with van der Waals surface area (Å²) in [4.78, 5) is 12.2. The Hall–Kier alpha value is -2.51. The Morgan fingerprint density at radius 1 is 1.07 bits per heavy atom. The van der Waals surface area contributed by atoms with Crippen molar-refractivity contribution in [1.29, 1.82) is 0 Å². The van der Waals surface area contributed by atoms with Gasteiger partial charge in [0.2, 0.25) is 15.9 Å². The van der Waals surface area contributed by atoms with Crippen molar-refractivity contribution in [2.45, 2.75) is 30.7 Å². The van der Waals surface area contributed by atoms with Crippen LogP contribution < -0.4 is 5.32 Å². The number of benzene rings is 2. The molecule has 1 fully saturated rings. The largest absolute Gasteiger partial charge is 0.348 e. The van der Waals surface area contributed by atoms with Gasteiger partial charge in [0, 0.05) is 31.3 Å². The van der Waals surface area contributed by atoms with E-state index in [9.17, 15) is 17.6 Å². The summed E-state index contributed by atoms with van der Waals surface area (Å²) < 4.78 is 40.6. The van der Waals surface area contributed by atoms with Crippen molar-refractivity contribution in [3.63, 3.8) is 0 Å². The molecule has 1 heterocycles. The van der Waals surface area contributed by atoms with Crippen molar-refractivity contribution in [3.8, 4) is 0 Å². The molecule has 5 nitrogen and oxygen atoms in total. The van der Waals surface area contributed by atoms with Gasteiger partial charge in [-0.3, -0.25) is 4.79 Å². The fourth-order valence-electron chi connectivity index (χ4n) is 3.09. The number of rotatable bonds is 6. The van der Waals surface area contributed by atoms with Crippen LogP contribution >= 0.6 is 0 Å². The van der Waals surface area contributed by atoms with Crippen LogP contribution in [0.15, 0.2) is 59.5 Å². The molecule has 0 aliphatic carbocycles. The number of sulfonamides is 1. The van der Waals surface area contributed by atoms with E-state index in [0.717, 1.165) is 19.3 Å². The van der Waals surface area contributed by atoms with Crippen LogP contribution in [0.2, 0.25) is 0 Å². The molecule has 1 amide bonds. The Bertz CT molecular complexity index is 967. The van der Waals surface area contributed by atoms with E-state index >= 15 is 0 Å². The van der Waals surface area contributed by atoms with E-state index in [1.165, 1.54) is 22.5 Å². The minimum Gasteiger partial charge on any atom is -0.348 e. The van der Waals surface area contributed by atoms with Crippen molar-refractivity contribution in [3.05, 3.63) is 71.6 Å². The fourth-order valence-corrected chi connectivity index (χ4v) is 4.68. The molecule has 0 unspecified atom stereocenters. The molecule has 1 saturated heterocycles. The molecule has 0 saturated carbocycles. The average Bonchev–Trinajstić information content (AvgIpc) is 2.72. The minimum absolute atomic E-state index is 0.184. The van der Waals surface area contributed by atoms with Crippen LogP contribution in [0.25, 0.3) is 6.08 Å². The van der Waals surface area contributed by atoms with E-state index in [0.29, 0.717) is 24.2 Å². The van der Waals surface area contributed by atoms with Gasteiger partial charge in [0.15, 0.2) is 0 Å². The van der Waals surface area contributed by atoms with Crippen molar-refractivity contribution < 1.29 is 17.6 Å². The van der Waals surface area contributed by atoms with Gasteiger partial charge in [0.05, 0.1) is 4.90 Å². The molecule has 1 aliphatic heterocycles. The number of hydrogen-bond donors (Lipinski definition) is 1. The predicted molar refractivity (Wildman–Crippen MR) is 106 cm³/mol. The Kier molecular flexibility index (Phi) is 6.59. The van der Waals surface area contributed by atoms with Crippen molar-refractivity contribution >= 4 is 22.0 Å². The van der Waals surface area contributed by atoms with E-state index in [1.54, 1.807) is 42.5 Å². The van der Waals surface area contributed by atoms with Gasteiger partial charge in [-0.1, -0.05) is 36.8 Å². The van der Waals surface area contributed by atoms with Gasteiger partial charge in [-0.2, -0.15) is 4.31 Å². The third-order valence-corrected chi connectivity index (χ3v) is 6.53. The second kappa shape index (κ2) is 9.12. The molecule has 0 atom stereocenters. The second-order valence-electron chi connectivity index (χ2n) is 6.68. The Labute approximate surface area is 164 Å².